The third-order valence-electron chi connectivity index (χ3n) is 17.7. The number of hydrogen-bond acceptors (Lipinski definition) is 15. The van der Waals surface area contributed by atoms with Gasteiger partial charge < -0.3 is 33.8 Å². The van der Waals surface area contributed by atoms with Gasteiger partial charge in [-0.15, -0.1) is 0 Å². The molecule has 0 saturated carbocycles. The van der Waals surface area contributed by atoms with E-state index in [2.05, 4.69) is 41.5 Å². The van der Waals surface area contributed by atoms with Crippen LogP contribution in [0.15, 0.2) is 0 Å². The first-order chi connectivity index (χ1) is 45.9. The van der Waals surface area contributed by atoms with Gasteiger partial charge in [-0.3, -0.25) is 37.3 Å². The van der Waals surface area contributed by atoms with Gasteiger partial charge in [0.1, 0.15) is 19.3 Å². The Hall–Kier alpha value is -1.94. The second kappa shape index (κ2) is 67.9. The Bertz CT molecular complexity index is 1840. The lowest BCUT2D eigenvalue weighted by Crippen LogP contribution is -2.30. The van der Waals surface area contributed by atoms with Crippen molar-refractivity contribution in [2.75, 3.05) is 39.6 Å². The Morgan fingerprint density at radius 1 is 0.284 bits per heavy atom. The number of ether oxygens (including phenoxy) is 4. The minimum Gasteiger partial charge on any atom is -0.462 e. The lowest BCUT2D eigenvalue weighted by atomic mass is 10.0. The SMILES string of the molecule is CCCCCCCCCCCCC(=O)OC[C@H](COP(=O)(O)OC[C@H](O)COP(=O)(O)OC[C@@H](COC(=O)CCCCCCCCCCCCCC(C)C)OC(=O)CCCCCCCCCCCCCCCCCCCCC(C)C)OC(=O)CCCCCCCCCCCC. The summed E-state index contributed by atoms with van der Waals surface area (Å²) in [4.78, 5) is 72.7. The van der Waals surface area contributed by atoms with Crippen LogP contribution < -0.4 is 0 Å². The highest BCUT2D eigenvalue weighted by Crippen LogP contribution is 2.45. The van der Waals surface area contributed by atoms with Crippen molar-refractivity contribution in [2.24, 2.45) is 11.8 Å². The molecule has 0 aliphatic carbocycles. The Morgan fingerprint density at radius 3 is 0.716 bits per heavy atom. The number of aliphatic hydroxyl groups excluding tert-OH is 1. The molecular formula is C76H148O17P2. The molecule has 0 rings (SSSR count). The molecule has 19 heteroatoms. The van der Waals surface area contributed by atoms with E-state index in [9.17, 15) is 43.2 Å². The number of esters is 4. The smallest absolute Gasteiger partial charge is 0.462 e. The Morgan fingerprint density at radius 2 is 0.484 bits per heavy atom. The average molecular weight is 1400 g/mol. The topological polar surface area (TPSA) is 237 Å². The highest BCUT2D eigenvalue weighted by atomic mass is 31.2. The highest BCUT2D eigenvalue weighted by molar-refractivity contribution is 7.47. The van der Waals surface area contributed by atoms with E-state index in [1.807, 2.05) is 0 Å². The first-order valence-corrected chi connectivity index (χ1v) is 42.5. The minimum absolute atomic E-state index is 0.107. The van der Waals surface area contributed by atoms with Gasteiger partial charge in [0.15, 0.2) is 12.2 Å². The number of carbonyl (C=O) groups excluding carboxylic acids is 4. The van der Waals surface area contributed by atoms with Gasteiger partial charge in [-0.2, -0.15) is 0 Å². The van der Waals surface area contributed by atoms with E-state index in [-0.39, 0.29) is 25.7 Å². The lowest BCUT2D eigenvalue weighted by molar-refractivity contribution is -0.161. The van der Waals surface area contributed by atoms with Crippen LogP contribution in [0, 0.1) is 11.8 Å². The van der Waals surface area contributed by atoms with Crippen molar-refractivity contribution in [3.63, 3.8) is 0 Å². The highest BCUT2D eigenvalue weighted by Gasteiger charge is 2.30. The zero-order valence-corrected chi connectivity index (χ0v) is 63.8. The maximum Gasteiger partial charge on any atom is 0.472 e. The van der Waals surface area contributed by atoms with E-state index >= 15 is 0 Å². The van der Waals surface area contributed by atoms with Crippen molar-refractivity contribution >= 4 is 39.5 Å². The summed E-state index contributed by atoms with van der Waals surface area (Å²) in [7, 11) is -9.91. The largest absolute Gasteiger partial charge is 0.472 e. The van der Waals surface area contributed by atoms with Gasteiger partial charge in [0, 0.05) is 25.7 Å². The normalized spacial score (nSPS) is 14.0. The summed E-state index contributed by atoms with van der Waals surface area (Å²) in [6.45, 7) is 9.62. The summed E-state index contributed by atoms with van der Waals surface area (Å²) >= 11 is 0. The molecule has 0 bridgehead atoms. The molecule has 5 atom stereocenters. The average Bonchev–Trinajstić information content (AvgIpc) is 2.97. The zero-order valence-electron chi connectivity index (χ0n) is 62.0. The van der Waals surface area contributed by atoms with Crippen LogP contribution in [0.1, 0.15) is 395 Å². The van der Waals surface area contributed by atoms with E-state index in [0.29, 0.717) is 25.7 Å². The molecule has 17 nitrogen and oxygen atoms in total. The van der Waals surface area contributed by atoms with E-state index in [1.54, 1.807) is 0 Å². The van der Waals surface area contributed by atoms with Gasteiger partial charge >= 0.3 is 39.5 Å². The fraction of sp³-hybridized carbons (Fsp3) is 0.947. The van der Waals surface area contributed by atoms with Crippen LogP contribution in [0.2, 0.25) is 0 Å². The summed E-state index contributed by atoms with van der Waals surface area (Å²) in [6, 6.07) is 0. The molecule has 3 N–H and O–H groups in total. The van der Waals surface area contributed by atoms with E-state index in [4.69, 9.17) is 37.0 Å². The summed E-state index contributed by atoms with van der Waals surface area (Å²) in [5, 5.41) is 10.6. The molecule has 0 aromatic rings. The third kappa shape index (κ3) is 70.3. The summed E-state index contributed by atoms with van der Waals surface area (Å²) in [6.07, 6.45) is 55.5. The second-order valence-corrected chi connectivity index (χ2v) is 31.3. The Balaban J connectivity index is 5.19. The molecule has 0 aliphatic heterocycles. The van der Waals surface area contributed by atoms with Gasteiger partial charge in [-0.1, -0.05) is 343 Å². The van der Waals surface area contributed by atoms with Crippen molar-refractivity contribution in [3.8, 4) is 0 Å². The predicted molar refractivity (Wildman–Crippen MR) is 386 cm³/mol. The predicted octanol–water partition coefficient (Wildman–Crippen LogP) is 22.3. The van der Waals surface area contributed by atoms with Gasteiger partial charge in [0.05, 0.1) is 26.4 Å². The molecule has 0 aromatic heterocycles. The third-order valence-corrected chi connectivity index (χ3v) is 19.6. The molecule has 0 aromatic carbocycles. The van der Waals surface area contributed by atoms with E-state index < -0.39 is 97.5 Å². The summed E-state index contributed by atoms with van der Waals surface area (Å²) in [5.74, 6) is -0.525. The molecule has 0 spiro atoms. The zero-order chi connectivity index (χ0) is 70.0. The number of phosphoric acid groups is 2. The number of unbranched alkanes of at least 4 members (excludes halogenated alkanes) is 45. The molecule has 0 amide bonds. The van der Waals surface area contributed by atoms with Gasteiger partial charge in [0.25, 0.3) is 0 Å². The standard InChI is InChI=1S/C76H148O17P2/c1-7-9-11-13-15-17-34-40-46-52-58-73(78)86-64-71(92-75(80)60-54-48-42-35-18-16-14-12-10-8-2)66-90-94(82,83)88-62-70(77)63-89-95(84,85)91-67-72(65-87-74(79)59-53-47-41-36-31-27-29-33-39-45-51-57-69(5)6)93-76(81)61-55-49-43-37-30-26-24-22-20-19-21-23-25-28-32-38-44-50-56-68(3)4/h68-72,77H,7-67H2,1-6H3,(H,82,83)(H,84,85)/t70-,71+,72+/m0/s1. The van der Waals surface area contributed by atoms with Crippen LogP contribution in [0.4, 0.5) is 0 Å². The summed E-state index contributed by atoms with van der Waals surface area (Å²) < 4.78 is 68.4. The Kier molecular flexibility index (Phi) is 66.5. The van der Waals surface area contributed by atoms with Crippen LogP contribution in [0.3, 0.4) is 0 Å². The molecule has 95 heavy (non-hydrogen) atoms. The number of carbonyl (C=O) groups is 4. The van der Waals surface area contributed by atoms with E-state index in [0.717, 1.165) is 102 Å². The van der Waals surface area contributed by atoms with Crippen molar-refractivity contribution in [1.29, 1.82) is 0 Å². The van der Waals surface area contributed by atoms with Crippen molar-refractivity contribution < 1.29 is 80.2 Å². The first kappa shape index (κ1) is 93.1. The van der Waals surface area contributed by atoms with E-state index in [1.165, 1.54) is 212 Å². The fourth-order valence-corrected chi connectivity index (χ4v) is 13.2. The van der Waals surface area contributed by atoms with Crippen molar-refractivity contribution in [1.82, 2.24) is 0 Å². The molecule has 0 saturated heterocycles. The van der Waals surface area contributed by atoms with Crippen molar-refractivity contribution in [2.45, 2.75) is 413 Å². The van der Waals surface area contributed by atoms with Crippen LogP contribution in [0.25, 0.3) is 0 Å². The number of aliphatic hydroxyl groups is 1. The van der Waals surface area contributed by atoms with Crippen LogP contribution in [-0.2, 0) is 65.4 Å². The number of rotatable bonds is 75. The van der Waals surface area contributed by atoms with Gasteiger partial charge in [-0.05, 0) is 37.5 Å². The second-order valence-electron chi connectivity index (χ2n) is 28.3. The number of phosphoric ester groups is 2. The van der Waals surface area contributed by atoms with Crippen LogP contribution in [0.5, 0.6) is 0 Å². The molecule has 0 fully saturated rings. The van der Waals surface area contributed by atoms with Crippen LogP contribution in [-0.4, -0.2) is 96.7 Å². The Labute approximate surface area is 581 Å². The maximum atomic E-state index is 13.1. The molecular weight excluding hydrogens is 1250 g/mol. The molecule has 564 valence electrons. The van der Waals surface area contributed by atoms with Crippen molar-refractivity contribution in [3.05, 3.63) is 0 Å². The van der Waals surface area contributed by atoms with Gasteiger partial charge in [-0.25, -0.2) is 9.13 Å². The maximum absolute atomic E-state index is 13.1. The monoisotopic (exact) mass is 1400 g/mol. The lowest BCUT2D eigenvalue weighted by Gasteiger charge is -2.21. The quantitative estimate of drug-likeness (QED) is 0.0222. The fourth-order valence-electron chi connectivity index (χ4n) is 11.7. The number of hydrogen-bond donors (Lipinski definition) is 3. The van der Waals surface area contributed by atoms with Crippen LogP contribution >= 0.6 is 15.6 Å². The molecule has 2 unspecified atom stereocenters. The summed E-state index contributed by atoms with van der Waals surface area (Å²) in [5.41, 5.74) is 0. The van der Waals surface area contributed by atoms with Gasteiger partial charge in [0.2, 0.25) is 0 Å². The molecule has 0 heterocycles. The molecule has 0 aliphatic rings. The minimum atomic E-state index is -4.96. The molecule has 0 radical (unpaired) electrons. The first-order valence-electron chi connectivity index (χ1n) is 39.5.